The van der Waals surface area contributed by atoms with E-state index in [1.807, 2.05) is 0 Å². The molecule has 0 spiro atoms. The van der Waals surface area contributed by atoms with E-state index in [0.717, 1.165) is 0 Å². The number of nitrogens with zero attached hydrogens (tertiary/aromatic N) is 2. The van der Waals surface area contributed by atoms with Crippen molar-refractivity contribution >= 4 is 0 Å². The van der Waals surface area contributed by atoms with Gasteiger partial charge in [0.25, 0.3) is 0 Å². The van der Waals surface area contributed by atoms with Crippen LogP contribution >= 0.6 is 0 Å². The van der Waals surface area contributed by atoms with Crippen LogP contribution in [-0.2, 0) is 0 Å². The van der Waals surface area contributed by atoms with E-state index in [4.69, 9.17) is 0 Å². The zero-order valence-electron chi connectivity index (χ0n) is 8.55. The lowest BCUT2D eigenvalue weighted by molar-refractivity contribution is 0.199. The van der Waals surface area contributed by atoms with Gasteiger partial charge in [-0.25, -0.2) is 0 Å². The first kappa shape index (κ1) is 10.0. The molecule has 0 atom stereocenters. The Labute approximate surface area is 76.5 Å². The molecule has 1 fully saturated rings. The summed E-state index contributed by atoms with van der Waals surface area (Å²) in [4.78, 5) is 4.98. The van der Waals surface area contributed by atoms with E-state index in [0.29, 0.717) is 0 Å². The lowest BCUT2D eigenvalue weighted by atomic mass is 10.1. The Hall–Kier alpha value is -0.0800. The summed E-state index contributed by atoms with van der Waals surface area (Å²) >= 11 is 0. The summed E-state index contributed by atoms with van der Waals surface area (Å²) < 4.78 is 0. The van der Waals surface area contributed by atoms with Gasteiger partial charge in [-0.1, -0.05) is 13.3 Å². The van der Waals surface area contributed by atoms with Crippen molar-refractivity contribution in [3.63, 3.8) is 0 Å². The molecule has 0 radical (unpaired) electrons. The Balaban J connectivity index is 2.05. The van der Waals surface area contributed by atoms with Crippen LogP contribution in [0.4, 0.5) is 0 Å². The molecular weight excluding hydrogens is 148 g/mol. The Morgan fingerprint density at radius 1 is 1.17 bits per heavy atom. The van der Waals surface area contributed by atoms with Crippen molar-refractivity contribution in [1.82, 2.24) is 9.80 Å². The fourth-order valence-electron chi connectivity index (χ4n) is 1.65. The van der Waals surface area contributed by atoms with E-state index < -0.39 is 0 Å². The smallest absolute Gasteiger partial charge is 0.0109 e. The number of hydrogen-bond donors (Lipinski definition) is 0. The zero-order chi connectivity index (χ0) is 8.81. The van der Waals surface area contributed by atoms with Crippen molar-refractivity contribution < 1.29 is 0 Å². The topological polar surface area (TPSA) is 6.48 Å². The first-order valence-electron chi connectivity index (χ1n) is 5.24. The summed E-state index contributed by atoms with van der Waals surface area (Å²) in [5, 5.41) is 0. The van der Waals surface area contributed by atoms with E-state index in [9.17, 15) is 0 Å². The molecule has 0 saturated carbocycles. The van der Waals surface area contributed by atoms with Crippen LogP contribution < -0.4 is 0 Å². The zero-order valence-corrected chi connectivity index (χ0v) is 8.55. The lowest BCUT2D eigenvalue weighted by Gasteiger charge is -2.28. The highest BCUT2D eigenvalue weighted by Gasteiger charge is 2.09. The maximum absolute atomic E-state index is 2.59. The molecule has 1 saturated heterocycles. The number of likely N-dealkylation sites (N-methyl/N-ethyl adjacent to an activating group) is 1. The van der Waals surface area contributed by atoms with Crippen LogP contribution in [-0.4, -0.2) is 49.6 Å². The number of hydrogen-bond acceptors (Lipinski definition) is 2. The summed E-state index contributed by atoms with van der Waals surface area (Å²) in [5.41, 5.74) is 0. The molecule has 0 aromatic rings. The van der Waals surface area contributed by atoms with Crippen LogP contribution in [0.1, 0.15) is 26.2 Å². The molecule has 0 amide bonds. The average Bonchev–Trinajstić information content (AvgIpc) is 2.16. The second kappa shape index (κ2) is 5.55. The lowest BCUT2D eigenvalue weighted by Crippen LogP contribution is -2.36. The number of likely N-dealkylation sites (tertiary alicyclic amines) is 1. The van der Waals surface area contributed by atoms with Crippen molar-refractivity contribution in [1.29, 1.82) is 0 Å². The molecule has 1 aliphatic heterocycles. The van der Waals surface area contributed by atoms with Gasteiger partial charge in [0.05, 0.1) is 0 Å². The Morgan fingerprint density at radius 3 is 2.42 bits per heavy atom. The van der Waals surface area contributed by atoms with Gasteiger partial charge in [-0.3, -0.25) is 0 Å². The van der Waals surface area contributed by atoms with E-state index in [1.165, 1.54) is 52.0 Å². The minimum atomic E-state index is 1.17. The van der Waals surface area contributed by atoms with Gasteiger partial charge in [-0.15, -0.1) is 0 Å². The molecule has 1 aliphatic rings. The Kier molecular flexibility index (Phi) is 4.62. The normalized spacial score (nSPS) is 20.2. The van der Waals surface area contributed by atoms with Gasteiger partial charge in [0.1, 0.15) is 0 Å². The molecule has 0 unspecified atom stereocenters. The van der Waals surface area contributed by atoms with E-state index in [1.54, 1.807) is 0 Å². The van der Waals surface area contributed by atoms with Crippen LogP contribution in [0, 0.1) is 0 Å². The van der Waals surface area contributed by atoms with Gasteiger partial charge in [0, 0.05) is 13.1 Å². The molecule has 0 aromatic carbocycles. The first-order valence-corrected chi connectivity index (χ1v) is 5.24. The molecule has 2 heteroatoms. The van der Waals surface area contributed by atoms with Crippen LogP contribution in [0.15, 0.2) is 0 Å². The maximum Gasteiger partial charge on any atom is 0.0109 e. The van der Waals surface area contributed by atoms with Crippen LogP contribution in [0.3, 0.4) is 0 Å². The monoisotopic (exact) mass is 170 g/mol. The Morgan fingerprint density at radius 2 is 1.83 bits per heavy atom. The highest BCUT2D eigenvalue weighted by molar-refractivity contribution is 4.65. The van der Waals surface area contributed by atoms with Gasteiger partial charge in [0.2, 0.25) is 0 Å². The molecule has 0 aliphatic carbocycles. The first-order chi connectivity index (χ1) is 5.83. The molecule has 72 valence electrons. The van der Waals surface area contributed by atoms with Gasteiger partial charge in [0.15, 0.2) is 0 Å². The molecule has 0 N–H and O–H groups in total. The third-order valence-electron chi connectivity index (χ3n) is 2.79. The summed E-state index contributed by atoms with van der Waals surface area (Å²) in [5.74, 6) is 0. The predicted molar refractivity (Wildman–Crippen MR) is 53.5 cm³/mol. The fourth-order valence-corrected chi connectivity index (χ4v) is 1.65. The maximum atomic E-state index is 2.59. The molecule has 2 nitrogen and oxygen atoms in total. The average molecular weight is 170 g/mol. The minimum absolute atomic E-state index is 1.17. The molecule has 0 bridgehead atoms. The van der Waals surface area contributed by atoms with E-state index >= 15 is 0 Å². The molecule has 12 heavy (non-hydrogen) atoms. The standard InChI is InChI=1S/C10H22N2/c1-3-11(2)9-10-12-7-5-4-6-8-12/h3-10H2,1-2H3. The SMILES string of the molecule is CCN(C)CCN1CCCCC1. The van der Waals surface area contributed by atoms with Gasteiger partial charge in [-0.2, -0.15) is 0 Å². The van der Waals surface area contributed by atoms with Gasteiger partial charge >= 0.3 is 0 Å². The number of rotatable bonds is 4. The van der Waals surface area contributed by atoms with Crippen LogP contribution in [0.25, 0.3) is 0 Å². The molecule has 1 heterocycles. The van der Waals surface area contributed by atoms with Crippen LogP contribution in [0.2, 0.25) is 0 Å². The largest absolute Gasteiger partial charge is 0.305 e. The second-order valence-corrected chi connectivity index (χ2v) is 3.80. The fraction of sp³-hybridized carbons (Fsp3) is 1.00. The third kappa shape index (κ3) is 3.55. The molecule has 0 aromatic heterocycles. The van der Waals surface area contributed by atoms with E-state index in [2.05, 4.69) is 23.8 Å². The van der Waals surface area contributed by atoms with E-state index in [-0.39, 0.29) is 0 Å². The summed E-state index contributed by atoms with van der Waals surface area (Å²) in [6.07, 6.45) is 4.27. The van der Waals surface area contributed by atoms with Crippen molar-refractivity contribution in [2.75, 3.05) is 39.8 Å². The molecular formula is C10H22N2. The van der Waals surface area contributed by atoms with Gasteiger partial charge < -0.3 is 9.80 Å². The molecule has 1 rings (SSSR count). The highest BCUT2D eigenvalue weighted by atomic mass is 15.2. The minimum Gasteiger partial charge on any atom is -0.305 e. The highest BCUT2D eigenvalue weighted by Crippen LogP contribution is 2.07. The van der Waals surface area contributed by atoms with Crippen molar-refractivity contribution in [2.24, 2.45) is 0 Å². The quantitative estimate of drug-likeness (QED) is 0.629. The summed E-state index contributed by atoms with van der Waals surface area (Å²) in [6.45, 7) is 8.56. The van der Waals surface area contributed by atoms with Crippen molar-refractivity contribution in [3.8, 4) is 0 Å². The third-order valence-corrected chi connectivity index (χ3v) is 2.79. The van der Waals surface area contributed by atoms with Crippen molar-refractivity contribution in [2.45, 2.75) is 26.2 Å². The summed E-state index contributed by atoms with van der Waals surface area (Å²) in [7, 11) is 2.20. The number of piperidine rings is 1. The van der Waals surface area contributed by atoms with Gasteiger partial charge in [-0.05, 0) is 39.5 Å². The van der Waals surface area contributed by atoms with Crippen LogP contribution in [0.5, 0.6) is 0 Å². The Bertz CT molecular complexity index is 108. The summed E-state index contributed by atoms with van der Waals surface area (Å²) in [6, 6.07) is 0. The second-order valence-electron chi connectivity index (χ2n) is 3.80. The predicted octanol–water partition coefficient (Wildman–Crippen LogP) is 1.42. The van der Waals surface area contributed by atoms with Crippen molar-refractivity contribution in [3.05, 3.63) is 0 Å².